The van der Waals surface area contributed by atoms with Gasteiger partial charge in [0.15, 0.2) is 0 Å². The number of allylic oxidation sites excluding steroid dienone is 1. The molecule has 2 aliphatic rings. The average Bonchev–Trinajstić information content (AvgIpc) is 3.47. The van der Waals surface area contributed by atoms with E-state index in [0.29, 0.717) is 18.1 Å². The fourth-order valence-electron chi connectivity index (χ4n) is 6.35. The minimum atomic E-state index is -4.86. The smallest absolute Gasteiger partial charge is 0.416 e. The van der Waals surface area contributed by atoms with Crippen molar-refractivity contribution in [1.82, 2.24) is 15.6 Å². The van der Waals surface area contributed by atoms with Gasteiger partial charge in [-0.05, 0) is 60.7 Å². The number of rotatable bonds is 8. The van der Waals surface area contributed by atoms with Crippen LogP contribution in [0.4, 0.5) is 22.4 Å². The van der Waals surface area contributed by atoms with Gasteiger partial charge in [0.25, 0.3) is 0 Å². The number of fused-ring (bicyclic) bond motifs is 2. The summed E-state index contributed by atoms with van der Waals surface area (Å²) < 4.78 is 62.0. The number of aromatic nitrogens is 1. The molecule has 2 amide bonds. The van der Waals surface area contributed by atoms with Crippen molar-refractivity contribution in [2.75, 3.05) is 6.61 Å². The van der Waals surface area contributed by atoms with Gasteiger partial charge in [-0.15, -0.1) is 0 Å². The number of esters is 1. The van der Waals surface area contributed by atoms with Crippen molar-refractivity contribution in [3.8, 4) is 0 Å². The lowest BCUT2D eigenvalue weighted by Gasteiger charge is -2.38. The highest BCUT2D eigenvalue weighted by Crippen LogP contribution is 2.52. The minimum absolute atomic E-state index is 0.0809. The maximum absolute atomic E-state index is 14.9. The van der Waals surface area contributed by atoms with Crippen molar-refractivity contribution >= 4 is 23.6 Å². The van der Waals surface area contributed by atoms with Gasteiger partial charge in [0.1, 0.15) is 11.4 Å². The summed E-state index contributed by atoms with van der Waals surface area (Å²) in [5.41, 5.74) is -2.96. The number of halogens is 5. The average molecular weight is 616 g/mol. The Hall–Kier alpha value is -3.92. The summed E-state index contributed by atoms with van der Waals surface area (Å²) in [5, 5.41) is 6.05. The molecule has 0 saturated heterocycles. The fourth-order valence-corrected chi connectivity index (χ4v) is 6.46. The normalized spacial score (nSPS) is 23.9. The molecule has 2 N–H and O–H groups in total. The standard InChI is InChI=1S/C32H30ClF4N3O3/c1-3-43-28(41)26-20-11-12-30(2,17-20)27(26)39-29(42)40-31(16-19-7-5-4-6-8-19,25-10-9-23(33)18-38-25)21-13-22(32(35,36)37)15-24(34)14-21/h4-15,18,20,26-27H,3,16-17H2,1-2H3,(H2,39,40,42)/t20-,26+,27+,30+,31+/m0/s1. The topological polar surface area (TPSA) is 80.3 Å². The Kier molecular flexibility index (Phi) is 8.26. The highest BCUT2D eigenvalue weighted by atomic mass is 35.5. The fraction of sp³-hybridized carbons (Fsp3) is 0.344. The van der Waals surface area contributed by atoms with Crippen molar-refractivity contribution in [2.45, 2.75) is 44.4 Å². The Morgan fingerprint density at radius 3 is 2.47 bits per heavy atom. The van der Waals surface area contributed by atoms with Crippen molar-refractivity contribution in [3.63, 3.8) is 0 Å². The number of hydrogen-bond donors (Lipinski definition) is 2. The molecule has 3 aromatic rings. The zero-order valence-electron chi connectivity index (χ0n) is 23.4. The number of amides is 2. The minimum Gasteiger partial charge on any atom is -0.466 e. The van der Waals surface area contributed by atoms with Crippen LogP contribution >= 0.6 is 11.6 Å². The molecule has 0 unspecified atom stereocenters. The molecule has 1 aromatic heterocycles. The molecule has 1 fully saturated rings. The second-order valence-corrected chi connectivity index (χ2v) is 11.7. The number of hydrogen-bond acceptors (Lipinski definition) is 4. The molecule has 226 valence electrons. The van der Waals surface area contributed by atoms with Crippen molar-refractivity contribution in [2.24, 2.45) is 17.3 Å². The Bertz CT molecular complexity index is 1530. The van der Waals surface area contributed by atoms with Gasteiger partial charge < -0.3 is 15.4 Å². The summed E-state index contributed by atoms with van der Waals surface area (Å²) in [6.45, 7) is 3.79. The maximum Gasteiger partial charge on any atom is 0.416 e. The third-order valence-corrected chi connectivity index (χ3v) is 8.52. The van der Waals surface area contributed by atoms with Gasteiger partial charge in [-0.25, -0.2) is 9.18 Å². The van der Waals surface area contributed by atoms with Crippen LogP contribution in [0.5, 0.6) is 0 Å². The molecule has 0 radical (unpaired) electrons. The van der Waals surface area contributed by atoms with Crippen LogP contribution in [-0.2, 0) is 27.7 Å². The molecule has 2 bridgehead atoms. The summed E-state index contributed by atoms with van der Waals surface area (Å²) in [7, 11) is 0. The van der Waals surface area contributed by atoms with Gasteiger partial charge in [-0.2, -0.15) is 13.2 Å². The second-order valence-electron chi connectivity index (χ2n) is 11.2. The highest BCUT2D eigenvalue weighted by molar-refractivity contribution is 6.30. The van der Waals surface area contributed by atoms with Crippen LogP contribution in [-0.4, -0.2) is 29.6 Å². The van der Waals surface area contributed by atoms with E-state index in [2.05, 4.69) is 15.6 Å². The molecule has 2 aromatic carbocycles. The molecular formula is C32H30ClF4N3O3. The first-order valence-corrected chi connectivity index (χ1v) is 14.2. The summed E-state index contributed by atoms with van der Waals surface area (Å²) in [6.07, 6.45) is 0.885. The van der Waals surface area contributed by atoms with E-state index in [1.807, 2.05) is 19.1 Å². The number of carbonyl (C=O) groups excluding carboxylic acids is 2. The largest absolute Gasteiger partial charge is 0.466 e. The van der Waals surface area contributed by atoms with Gasteiger partial charge >= 0.3 is 18.2 Å². The van der Waals surface area contributed by atoms with Crippen molar-refractivity contribution in [3.05, 3.63) is 112 Å². The van der Waals surface area contributed by atoms with Crippen molar-refractivity contribution in [1.29, 1.82) is 0 Å². The van der Waals surface area contributed by atoms with E-state index < -0.39 is 52.5 Å². The van der Waals surface area contributed by atoms with Crippen LogP contribution in [0.2, 0.25) is 5.02 Å². The third kappa shape index (κ3) is 6.11. The lowest BCUT2D eigenvalue weighted by atomic mass is 9.79. The van der Waals surface area contributed by atoms with Gasteiger partial charge in [-0.1, -0.05) is 61.0 Å². The van der Waals surface area contributed by atoms with Gasteiger partial charge in [0.05, 0.1) is 34.8 Å². The van der Waals surface area contributed by atoms with Crippen LogP contribution in [0.3, 0.4) is 0 Å². The first-order valence-electron chi connectivity index (χ1n) is 13.8. The zero-order valence-corrected chi connectivity index (χ0v) is 24.2. The van der Waals surface area contributed by atoms with E-state index in [-0.39, 0.29) is 35.2 Å². The Morgan fingerprint density at radius 2 is 1.81 bits per heavy atom. The van der Waals surface area contributed by atoms with Gasteiger partial charge in [0.2, 0.25) is 0 Å². The predicted octanol–water partition coefficient (Wildman–Crippen LogP) is 6.82. The Morgan fingerprint density at radius 1 is 1.09 bits per heavy atom. The molecule has 5 rings (SSSR count). The summed E-state index contributed by atoms with van der Waals surface area (Å²) in [4.78, 5) is 31.3. The van der Waals surface area contributed by atoms with E-state index in [4.69, 9.17) is 16.3 Å². The summed E-state index contributed by atoms with van der Waals surface area (Å²) in [5.74, 6) is -2.37. The quantitative estimate of drug-likeness (QED) is 0.166. The van der Waals surface area contributed by atoms with E-state index in [0.717, 1.165) is 12.1 Å². The summed E-state index contributed by atoms with van der Waals surface area (Å²) in [6, 6.07) is 12.5. The number of pyridine rings is 1. The SMILES string of the molecule is CCOC(=O)[C@H]1[C@@H](NC(=O)N[C@](Cc2ccccc2)(c2cc(F)cc(C(F)(F)F)c2)c2ccc(Cl)cn2)[C@]2(C)C=C[C@H]1C2. The second kappa shape index (κ2) is 11.6. The molecule has 43 heavy (non-hydrogen) atoms. The lowest BCUT2D eigenvalue weighted by Crippen LogP contribution is -2.58. The number of urea groups is 1. The molecule has 2 aliphatic carbocycles. The summed E-state index contributed by atoms with van der Waals surface area (Å²) >= 11 is 6.10. The molecular weight excluding hydrogens is 586 g/mol. The van der Waals surface area contributed by atoms with E-state index in [9.17, 15) is 27.2 Å². The van der Waals surface area contributed by atoms with Crippen LogP contribution < -0.4 is 10.6 Å². The molecule has 0 spiro atoms. The van der Waals surface area contributed by atoms with Crippen LogP contribution in [0.15, 0.2) is 79.0 Å². The highest BCUT2D eigenvalue weighted by Gasteiger charge is 2.56. The molecule has 1 heterocycles. The zero-order chi connectivity index (χ0) is 31.0. The molecule has 5 atom stereocenters. The van der Waals surface area contributed by atoms with E-state index >= 15 is 0 Å². The van der Waals surface area contributed by atoms with E-state index in [1.165, 1.54) is 18.3 Å². The molecule has 1 saturated carbocycles. The lowest BCUT2D eigenvalue weighted by molar-refractivity contribution is -0.149. The van der Waals surface area contributed by atoms with Crippen LogP contribution in [0.1, 0.15) is 42.7 Å². The van der Waals surface area contributed by atoms with Crippen molar-refractivity contribution < 1.29 is 31.9 Å². The Balaban J connectivity index is 1.62. The first kappa shape index (κ1) is 30.5. The molecule has 11 heteroatoms. The molecule has 6 nitrogen and oxygen atoms in total. The van der Waals surface area contributed by atoms with Gasteiger partial charge in [-0.3, -0.25) is 9.78 Å². The van der Waals surface area contributed by atoms with E-state index in [1.54, 1.807) is 37.3 Å². The van der Waals surface area contributed by atoms with Gasteiger partial charge in [0, 0.05) is 18.0 Å². The third-order valence-electron chi connectivity index (χ3n) is 8.30. The Labute approximate surface area is 251 Å². The monoisotopic (exact) mass is 615 g/mol. The molecule has 0 aliphatic heterocycles. The number of ether oxygens (including phenoxy) is 1. The number of benzene rings is 2. The maximum atomic E-state index is 14.9. The first-order chi connectivity index (χ1) is 20.3. The number of nitrogens with one attached hydrogen (secondary N) is 2. The number of alkyl halides is 3. The predicted molar refractivity (Wildman–Crippen MR) is 153 cm³/mol. The number of nitrogens with zero attached hydrogens (tertiary/aromatic N) is 1. The van der Waals surface area contributed by atoms with Crippen LogP contribution in [0.25, 0.3) is 0 Å². The number of carbonyl (C=O) groups is 2. The van der Waals surface area contributed by atoms with Crippen LogP contribution in [0, 0.1) is 23.1 Å².